The van der Waals surface area contributed by atoms with Crippen LogP contribution in [0.3, 0.4) is 0 Å². The Kier molecular flexibility index (Phi) is 2.40. The molecule has 2 aliphatic rings. The van der Waals surface area contributed by atoms with Gasteiger partial charge >= 0.3 is 6.18 Å². The standard InChI is InChI=1S/C12H13F3N2/c13-12(14,15)11-4-1-7(6-16-11)9-5-8-2-3-10(9)17-8/h1,4,6,8-10,17H,2-3,5H2/t8-,9-,10-/m1/s1. The normalized spacial score (nSPS) is 32.1. The Balaban J connectivity index is 1.81. The van der Waals surface area contributed by atoms with Gasteiger partial charge in [0.05, 0.1) is 0 Å². The summed E-state index contributed by atoms with van der Waals surface area (Å²) < 4.78 is 37.1. The number of hydrogen-bond acceptors (Lipinski definition) is 2. The topological polar surface area (TPSA) is 24.9 Å². The average molecular weight is 242 g/mol. The van der Waals surface area contributed by atoms with Crippen LogP contribution in [0.5, 0.6) is 0 Å². The first-order chi connectivity index (χ1) is 8.04. The quantitative estimate of drug-likeness (QED) is 0.819. The molecule has 0 aromatic carbocycles. The van der Waals surface area contributed by atoms with Gasteiger partial charge in [-0.2, -0.15) is 13.2 Å². The molecule has 2 fully saturated rings. The minimum atomic E-state index is -4.34. The maximum atomic E-state index is 12.4. The van der Waals surface area contributed by atoms with Crippen molar-refractivity contribution in [2.24, 2.45) is 0 Å². The number of nitrogens with one attached hydrogen (secondary N) is 1. The van der Waals surface area contributed by atoms with Crippen molar-refractivity contribution in [3.63, 3.8) is 0 Å². The second-order valence-electron chi connectivity index (χ2n) is 4.86. The first kappa shape index (κ1) is 11.0. The fourth-order valence-corrected chi connectivity index (χ4v) is 2.98. The van der Waals surface area contributed by atoms with Gasteiger partial charge in [-0.15, -0.1) is 0 Å². The van der Waals surface area contributed by atoms with E-state index in [0.717, 1.165) is 24.5 Å². The van der Waals surface area contributed by atoms with Crippen molar-refractivity contribution in [3.05, 3.63) is 29.6 Å². The van der Waals surface area contributed by atoms with Crippen LogP contribution in [0, 0.1) is 0 Å². The third-order valence-corrected chi connectivity index (χ3v) is 3.81. The molecule has 1 aromatic heterocycles. The molecule has 2 saturated heterocycles. The van der Waals surface area contributed by atoms with Crippen LogP contribution in [0.25, 0.3) is 0 Å². The van der Waals surface area contributed by atoms with Crippen molar-refractivity contribution < 1.29 is 13.2 Å². The fourth-order valence-electron chi connectivity index (χ4n) is 2.98. The number of alkyl halides is 3. The molecule has 1 N–H and O–H groups in total. The number of hydrogen-bond donors (Lipinski definition) is 1. The Hall–Kier alpha value is -1.10. The van der Waals surface area contributed by atoms with Crippen LogP contribution < -0.4 is 5.32 Å². The number of rotatable bonds is 1. The van der Waals surface area contributed by atoms with Crippen molar-refractivity contribution in [1.82, 2.24) is 10.3 Å². The number of nitrogens with zero attached hydrogens (tertiary/aromatic N) is 1. The lowest BCUT2D eigenvalue weighted by Crippen LogP contribution is -2.21. The molecule has 0 saturated carbocycles. The minimum absolute atomic E-state index is 0.337. The van der Waals surface area contributed by atoms with Crippen molar-refractivity contribution in [1.29, 1.82) is 0 Å². The fraction of sp³-hybridized carbons (Fsp3) is 0.583. The van der Waals surface area contributed by atoms with E-state index in [-0.39, 0.29) is 0 Å². The van der Waals surface area contributed by atoms with Gasteiger partial charge in [-0.1, -0.05) is 6.07 Å². The van der Waals surface area contributed by atoms with E-state index in [1.54, 1.807) is 6.07 Å². The number of aromatic nitrogens is 1. The largest absolute Gasteiger partial charge is 0.433 e. The predicted octanol–water partition coefficient (Wildman–Crippen LogP) is 2.71. The average Bonchev–Trinajstić information content (AvgIpc) is 2.89. The van der Waals surface area contributed by atoms with Crippen LogP contribution in [0.1, 0.15) is 36.4 Å². The van der Waals surface area contributed by atoms with Crippen LogP contribution in [-0.4, -0.2) is 17.1 Å². The van der Waals surface area contributed by atoms with E-state index in [9.17, 15) is 13.2 Å². The third kappa shape index (κ3) is 1.92. The van der Waals surface area contributed by atoms with Crippen LogP contribution in [0.2, 0.25) is 0 Å². The van der Waals surface area contributed by atoms with E-state index in [1.807, 2.05) is 0 Å². The first-order valence-electron chi connectivity index (χ1n) is 5.83. The lowest BCUT2D eigenvalue weighted by atomic mass is 9.84. The van der Waals surface area contributed by atoms with Crippen LogP contribution in [0.4, 0.5) is 13.2 Å². The summed E-state index contributed by atoms with van der Waals surface area (Å²) in [6.45, 7) is 0. The zero-order valence-electron chi connectivity index (χ0n) is 9.17. The SMILES string of the molecule is FC(F)(F)c1ccc([C@H]2C[C@H]3CC[C@H]2N3)cn1. The summed E-state index contributed by atoms with van der Waals surface area (Å²) in [6.07, 6.45) is 0.380. The van der Waals surface area contributed by atoms with Gasteiger partial charge < -0.3 is 5.32 Å². The molecule has 17 heavy (non-hydrogen) atoms. The van der Waals surface area contributed by atoms with Gasteiger partial charge in [-0.3, -0.25) is 4.98 Å². The summed E-state index contributed by atoms with van der Waals surface area (Å²) in [7, 11) is 0. The van der Waals surface area contributed by atoms with Crippen molar-refractivity contribution in [2.75, 3.05) is 0 Å². The molecule has 2 nitrogen and oxygen atoms in total. The Bertz CT molecular complexity index is 413. The van der Waals surface area contributed by atoms with Crippen molar-refractivity contribution in [2.45, 2.75) is 43.4 Å². The van der Waals surface area contributed by atoms with Gasteiger partial charge in [0.25, 0.3) is 0 Å². The lowest BCUT2D eigenvalue weighted by molar-refractivity contribution is -0.141. The van der Waals surface area contributed by atoms with Gasteiger partial charge in [0, 0.05) is 24.2 Å². The predicted molar refractivity (Wildman–Crippen MR) is 56.5 cm³/mol. The summed E-state index contributed by atoms with van der Waals surface area (Å²) in [5.41, 5.74) is 0.120. The van der Waals surface area contributed by atoms with E-state index < -0.39 is 11.9 Å². The van der Waals surface area contributed by atoms with E-state index in [4.69, 9.17) is 0 Å². The molecule has 0 aliphatic carbocycles. The highest BCUT2D eigenvalue weighted by atomic mass is 19.4. The molecule has 0 amide bonds. The van der Waals surface area contributed by atoms with Crippen LogP contribution in [0.15, 0.2) is 18.3 Å². The van der Waals surface area contributed by atoms with Crippen molar-refractivity contribution >= 4 is 0 Å². The molecular formula is C12H13F3N2. The van der Waals surface area contributed by atoms with Gasteiger partial charge in [0.2, 0.25) is 0 Å². The number of fused-ring (bicyclic) bond motifs is 2. The van der Waals surface area contributed by atoms with E-state index in [1.165, 1.54) is 12.6 Å². The van der Waals surface area contributed by atoms with Crippen LogP contribution >= 0.6 is 0 Å². The molecule has 0 radical (unpaired) electrons. The van der Waals surface area contributed by atoms with Gasteiger partial charge in [0.15, 0.2) is 0 Å². The molecule has 3 rings (SSSR count). The molecule has 92 valence electrons. The molecule has 2 bridgehead atoms. The van der Waals surface area contributed by atoms with E-state index in [0.29, 0.717) is 18.0 Å². The zero-order valence-corrected chi connectivity index (χ0v) is 9.17. The highest BCUT2D eigenvalue weighted by molar-refractivity contribution is 5.24. The summed E-state index contributed by atoms with van der Waals surface area (Å²) in [5.74, 6) is 0.337. The molecule has 5 heteroatoms. The molecule has 3 heterocycles. The summed E-state index contributed by atoms with van der Waals surface area (Å²) >= 11 is 0. The molecule has 1 aromatic rings. The smallest absolute Gasteiger partial charge is 0.311 e. The zero-order chi connectivity index (χ0) is 12.0. The number of halogens is 3. The van der Waals surface area contributed by atoms with E-state index in [2.05, 4.69) is 10.3 Å². The lowest BCUT2D eigenvalue weighted by Gasteiger charge is -2.20. The molecule has 0 spiro atoms. The Morgan fingerprint density at radius 1 is 1.24 bits per heavy atom. The van der Waals surface area contributed by atoms with Gasteiger partial charge in [0.1, 0.15) is 5.69 Å². The second kappa shape index (κ2) is 3.70. The molecule has 3 atom stereocenters. The van der Waals surface area contributed by atoms with E-state index >= 15 is 0 Å². The number of pyridine rings is 1. The van der Waals surface area contributed by atoms with Crippen LogP contribution in [-0.2, 0) is 6.18 Å². The Morgan fingerprint density at radius 3 is 2.53 bits per heavy atom. The van der Waals surface area contributed by atoms with Gasteiger partial charge in [-0.05, 0) is 30.9 Å². The minimum Gasteiger partial charge on any atom is -0.311 e. The molecule has 0 unspecified atom stereocenters. The Labute approximate surface area is 97.2 Å². The second-order valence-corrected chi connectivity index (χ2v) is 4.86. The van der Waals surface area contributed by atoms with Crippen molar-refractivity contribution in [3.8, 4) is 0 Å². The Morgan fingerprint density at radius 2 is 2.06 bits per heavy atom. The monoisotopic (exact) mass is 242 g/mol. The summed E-state index contributed by atoms with van der Waals surface area (Å²) in [4.78, 5) is 3.53. The highest BCUT2D eigenvalue weighted by Crippen LogP contribution is 2.40. The summed E-state index contributed by atoms with van der Waals surface area (Å²) in [5, 5.41) is 3.47. The van der Waals surface area contributed by atoms with Gasteiger partial charge in [-0.25, -0.2) is 0 Å². The third-order valence-electron chi connectivity index (χ3n) is 3.81. The summed E-state index contributed by atoms with van der Waals surface area (Å²) in [6, 6.07) is 3.63. The molecule has 2 aliphatic heterocycles. The first-order valence-corrected chi connectivity index (χ1v) is 5.83. The highest BCUT2D eigenvalue weighted by Gasteiger charge is 2.40. The maximum Gasteiger partial charge on any atom is 0.433 e. The molecular weight excluding hydrogens is 229 g/mol. The maximum absolute atomic E-state index is 12.4.